The minimum Gasteiger partial charge on any atom is -0.342 e. The van der Waals surface area contributed by atoms with E-state index in [1.165, 1.54) is 12.8 Å². The maximum Gasteiger partial charge on any atom is 0.265 e. The van der Waals surface area contributed by atoms with E-state index >= 15 is 0 Å². The molecule has 5 heteroatoms. The van der Waals surface area contributed by atoms with Crippen LogP contribution in [-0.4, -0.2) is 23.7 Å². The molecule has 2 rings (SSSR count). The first-order valence-electron chi connectivity index (χ1n) is 6.50. The van der Waals surface area contributed by atoms with Crippen LogP contribution in [0.25, 0.3) is 0 Å². The van der Waals surface area contributed by atoms with Gasteiger partial charge in [0.25, 0.3) is 5.95 Å². The third-order valence-corrected chi connectivity index (χ3v) is 3.65. The van der Waals surface area contributed by atoms with Crippen LogP contribution in [-0.2, 0) is 5.54 Å². The molecule has 96 valence electrons. The van der Waals surface area contributed by atoms with Crippen molar-refractivity contribution in [2.75, 3.05) is 18.5 Å². The molecule has 1 fully saturated rings. The molecule has 0 spiro atoms. The molecule has 0 aromatic carbocycles. The Morgan fingerprint density at radius 2 is 1.94 bits per heavy atom. The van der Waals surface area contributed by atoms with Crippen molar-refractivity contribution < 1.29 is 4.52 Å². The monoisotopic (exact) mass is 238 g/mol. The van der Waals surface area contributed by atoms with Gasteiger partial charge in [0.2, 0.25) is 5.89 Å². The van der Waals surface area contributed by atoms with Crippen LogP contribution in [0.1, 0.15) is 51.3 Å². The second-order valence-corrected chi connectivity index (χ2v) is 4.98. The SMILES string of the molecule is CCN(C)c1noc(C2(N)CCCCCC2)n1. The second-order valence-electron chi connectivity index (χ2n) is 4.98. The Balaban J connectivity index is 2.17. The van der Waals surface area contributed by atoms with Crippen molar-refractivity contribution in [1.29, 1.82) is 0 Å². The number of aromatic nitrogens is 2. The van der Waals surface area contributed by atoms with Gasteiger partial charge in [-0.05, 0) is 24.9 Å². The minimum atomic E-state index is -0.406. The fourth-order valence-corrected chi connectivity index (χ4v) is 2.29. The van der Waals surface area contributed by atoms with E-state index < -0.39 is 5.54 Å². The van der Waals surface area contributed by atoms with E-state index in [1.807, 2.05) is 11.9 Å². The maximum atomic E-state index is 6.42. The molecule has 1 saturated carbocycles. The normalized spacial score (nSPS) is 19.9. The van der Waals surface area contributed by atoms with E-state index in [9.17, 15) is 0 Å². The van der Waals surface area contributed by atoms with Gasteiger partial charge in [0.05, 0.1) is 5.54 Å². The Hall–Kier alpha value is -1.10. The first-order chi connectivity index (χ1) is 8.15. The lowest BCUT2D eigenvalue weighted by Gasteiger charge is -2.22. The molecule has 1 heterocycles. The largest absolute Gasteiger partial charge is 0.342 e. The summed E-state index contributed by atoms with van der Waals surface area (Å²) in [4.78, 5) is 6.39. The molecule has 1 aromatic heterocycles. The quantitative estimate of drug-likeness (QED) is 0.816. The van der Waals surface area contributed by atoms with Gasteiger partial charge < -0.3 is 15.2 Å². The summed E-state index contributed by atoms with van der Waals surface area (Å²) in [5.74, 6) is 1.24. The van der Waals surface area contributed by atoms with Crippen LogP contribution in [0.2, 0.25) is 0 Å². The molecule has 1 aliphatic carbocycles. The number of rotatable bonds is 3. The van der Waals surface area contributed by atoms with Gasteiger partial charge in [0.15, 0.2) is 0 Å². The number of hydrogen-bond donors (Lipinski definition) is 1. The summed E-state index contributed by atoms with van der Waals surface area (Å²) in [7, 11) is 1.95. The highest BCUT2D eigenvalue weighted by Gasteiger charge is 2.34. The number of anilines is 1. The van der Waals surface area contributed by atoms with E-state index in [1.54, 1.807) is 0 Å². The summed E-state index contributed by atoms with van der Waals surface area (Å²) in [6.07, 6.45) is 6.72. The summed E-state index contributed by atoms with van der Waals surface area (Å²) in [5.41, 5.74) is 6.01. The predicted octanol–water partition coefficient (Wildman–Crippen LogP) is 2.03. The summed E-state index contributed by atoms with van der Waals surface area (Å²) < 4.78 is 5.36. The molecule has 1 aromatic rings. The lowest BCUT2D eigenvalue weighted by atomic mass is 9.91. The first kappa shape index (κ1) is 12.4. The van der Waals surface area contributed by atoms with Crippen LogP contribution < -0.4 is 10.6 Å². The van der Waals surface area contributed by atoms with E-state index in [0.717, 1.165) is 32.2 Å². The number of nitrogens with two attached hydrogens (primary N) is 1. The molecule has 0 unspecified atom stereocenters. The molecule has 0 atom stereocenters. The lowest BCUT2D eigenvalue weighted by Crippen LogP contribution is -2.36. The van der Waals surface area contributed by atoms with Gasteiger partial charge in [-0.15, -0.1) is 0 Å². The van der Waals surface area contributed by atoms with Crippen molar-refractivity contribution in [3.8, 4) is 0 Å². The Kier molecular flexibility index (Phi) is 3.66. The van der Waals surface area contributed by atoms with Crippen molar-refractivity contribution in [2.24, 2.45) is 5.73 Å². The van der Waals surface area contributed by atoms with Crippen LogP contribution in [0.4, 0.5) is 5.95 Å². The Labute approximate surface area is 102 Å². The van der Waals surface area contributed by atoms with Crippen molar-refractivity contribution in [3.05, 3.63) is 5.89 Å². The van der Waals surface area contributed by atoms with Crippen molar-refractivity contribution in [1.82, 2.24) is 10.1 Å². The van der Waals surface area contributed by atoms with Crippen LogP contribution in [0.15, 0.2) is 4.52 Å². The van der Waals surface area contributed by atoms with Gasteiger partial charge in [-0.3, -0.25) is 0 Å². The smallest absolute Gasteiger partial charge is 0.265 e. The highest BCUT2D eigenvalue weighted by atomic mass is 16.5. The molecule has 0 amide bonds. The van der Waals surface area contributed by atoms with Gasteiger partial charge in [0, 0.05) is 13.6 Å². The molecule has 0 bridgehead atoms. The highest BCUT2D eigenvalue weighted by Crippen LogP contribution is 2.33. The predicted molar refractivity (Wildman–Crippen MR) is 66.8 cm³/mol. The van der Waals surface area contributed by atoms with Crippen LogP contribution in [0.3, 0.4) is 0 Å². The highest BCUT2D eigenvalue weighted by molar-refractivity contribution is 5.26. The van der Waals surface area contributed by atoms with Gasteiger partial charge in [-0.1, -0.05) is 25.7 Å². The number of hydrogen-bond acceptors (Lipinski definition) is 5. The molecular weight excluding hydrogens is 216 g/mol. The molecule has 17 heavy (non-hydrogen) atoms. The maximum absolute atomic E-state index is 6.42. The molecule has 5 nitrogen and oxygen atoms in total. The average molecular weight is 238 g/mol. The first-order valence-corrected chi connectivity index (χ1v) is 6.50. The Bertz CT molecular complexity index is 355. The fourth-order valence-electron chi connectivity index (χ4n) is 2.29. The summed E-state index contributed by atoms with van der Waals surface area (Å²) in [6, 6.07) is 0. The minimum absolute atomic E-state index is 0.406. The molecule has 1 aliphatic rings. The van der Waals surface area contributed by atoms with Gasteiger partial charge in [0.1, 0.15) is 0 Å². The van der Waals surface area contributed by atoms with Crippen molar-refractivity contribution in [3.63, 3.8) is 0 Å². The molecule has 0 aliphatic heterocycles. The Morgan fingerprint density at radius 1 is 1.29 bits per heavy atom. The van der Waals surface area contributed by atoms with Gasteiger partial charge in [-0.25, -0.2) is 0 Å². The topological polar surface area (TPSA) is 68.2 Å². The molecular formula is C12H22N4O. The molecule has 2 N–H and O–H groups in total. The lowest BCUT2D eigenvalue weighted by molar-refractivity contribution is 0.257. The summed E-state index contributed by atoms with van der Waals surface area (Å²) in [6.45, 7) is 2.91. The average Bonchev–Trinajstić information content (AvgIpc) is 2.73. The fraction of sp³-hybridized carbons (Fsp3) is 0.833. The standard InChI is InChI=1S/C12H22N4O/c1-3-16(2)11-14-10(17-15-11)12(13)8-6-4-5-7-9-12/h3-9,13H2,1-2H3. The zero-order chi connectivity index (χ0) is 12.3. The second kappa shape index (κ2) is 5.04. The zero-order valence-electron chi connectivity index (χ0n) is 10.8. The molecule has 0 saturated heterocycles. The van der Waals surface area contributed by atoms with E-state index in [0.29, 0.717) is 11.8 Å². The Morgan fingerprint density at radius 3 is 2.53 bits per heavy atom. The summed E-state index contributed by atoms with van der Waals surface area (Å²) in [5, 5.41) is 4.00. The van der Waals surface area contributed by atoms with Crippen LogP contribution in [0, 0.1) is 0 Å². The number of nitrogens with zero attached hydrogens (tertiary/aromatic N) is 3. The van der Waals surface area contributed by atoms with Crippen molar-refractivity contribution in [2.45, 2.75) is 51.0 Å². The van der Waals surface area contributed by atoms with Gasteiger partial charge >= 0.3 is 0 Å². The van der Waals surface area contributed by atoms with Crippen molar-refractivity contribution >= 4 is 5.95 Å². The molecule has 0 radical (unpaired) electrons. The van der Waals surface area contributed by atoms with E-state index in [-0.39, 0.29) is 0 Å². The van der Waals surface area contributed by atoms with E-state index in [2.05, 4.69) is 17.1 Å². The van der Waals surface area contributed by atoms with E-state index in [4.69, 9.17) is 10.3 Å². The van der Waals surface area contributed by atoms with Crippen LogP contribution in [0.5, 0.6) is 0 Å². The van der Waals surface area contributed by atoms with Gasteiger partial charge in [-0.2, -0.15) is 4.98 Å². The third-order valence-electron chi connectivity index (χ3n) is 3.65. The summed E-state index contributed by atoms with van der Waals surface area (Å²) >= 11 is 0. The van der Waals surface area contributed by atoms with Crippen LogP contribution >= 0.6 is 0 Å². The zero-order valence-corrected chi connectivity index (χ0v) is 10.8. The third kappa shape index (κ3) is 2.60.